The van der Waals surface area contributed by atoms with Crippen LogP contribution in [0.15, 0.2) is 60.7 Å². The smallest absolute Gasteiger partial charge is 1.00 e. The number of β-amino-alcohol motifs (C(OH)–C–C–N with tert-alkyl or cyclic N) is 1. The van der Waals surface area contributed by atoms with Crippen molar-refractivity contribution in [2.45, 2.75) is 51.2 Å². The maximum Gasteiger partial charge on any atom is 1.00 e. The Morgan fingerprint density at radius 1 is 1.11 bits per heavy atom. The van der Waals surface area contributed by atoms with Gasteiger partial charge in [-0.25, -0.2) is 0 Å². The summed E-state index contributed by atoms with van der Waals surface area (Å²) < 4.78 is 5.71. The molecule has 0 radical (unpaired) electrons. The van der Waals surface area contributed by atoms with Gasteiger partial charge in [0.15, 0.2) is 0 Å². The number of nitriles is 1. The predicted molar refractivity (Wildman–Crippen MR) is 134 cm³/mol. The topological polar surface area (TPSA) is 103 Å². The number of carbonyl (C=O) groups is 1. The average molecular weight is 485 g/mol. The summed E-state index contributed by atoms with van der Waals surface area (Å²) in [4.78, 5) is 10.7. The van der Waals surface area contributed by atoms with E-state index in [4.69, 9.17) is 9.84 Å². The van der Waals surface area contributed by atoms with Crippen LogP contribution in [-0.2, 0) is 17.6 Å². The van der Waals surface area contributed by atoms with Crippen molar-refractivity contribution in [1.29, 1.82) is 5.26 Å². The zero-order valence-corrected chi connectivity index (χ0v) is 22.8. The van der Waals surface area contributed by atoms with Gasteiger partial charge in [0.05, 0.1) is 5.56 Å². The number of aryl methyl sites for hydroxylation is 1. The van der Waals surface area contributed by atoms with Crippen molar-refractivity contribution in [3.63, 3.8) is 0 Å². The van der Waals surface area contributed by atoms with Crippen LogP contribution in [0.1, 0.15) is 44.8 Å². The fourth-order valence-corrected chi connectivity index (χ4v) is 3.95. The van der Waals surface area contributed by atoms with Crippen LogP contribution in [-0.4, -0.2) is 41.0 Å². The molecule has 180 valence electrons. The van der Waals surface area contributed by atoms with Gasteiger partial charge in [0.2, 0.25) is 0 Å². The molecule has 3 aromatic carbocycles. The molecule has 1 atom stereocenters. The zero-order chi connectivity index (χ0) is 24.6. The van der Waals surface area contributed by atoms with Crippen LogP contribution in [0.25, 0.3) is 10.8 Å². The zero-order valence-electron chi connectivity index (χ0n) is 21.8. The van der Waals surface area contributed by atoms with E-state index in [0.29, 0.717) is 30.7 Å². The van der Waals surface area contributed by atoms with Gasteiger partial charge in [-0.05, 0) is 67.1 Å². The number of aliphatic hydroxyl groups is 1. The van der Waals surface area contributed by atoms with E-state index in [1.165, 1.54) is 16.3 Å². The van der Waals surface area contributed by atoms with E-state index in [-0.39, 0.29) is 49.6 Å². The number of ether oxygens (including phenoxy) is 1. The van der Waals surface area contributed by atoms with Crippen molar-refractivity contribution >= 4 is 16.7 Å². The van der Waals surface area contributed by atoms with Gasteiger partial charge in [-0.15, -0.1) is 0 Å². The Morgan fingerprint density at radius 2 is 1.83 bits per heavy atom. The molecule has 0 heterocycles. The molecule has 0 spiro atoms. The second kappa shape index (κ2) is 13.6. The number of carboxylic acids is 1. The number of nitrogens with one attached hydrogen (secondary N) is 1. The largest absolute Gasteiger partial charge is 1.00 e. The monoisotopic (exact) mass is 484 g/mol. The van der Waals surface area contributed by atoms with E-state index in [9.17, 15) is 15.2 Å². The molecule has 0 saturated carbocycles. The summed E-state index contributed by atoms with van der Waals surface area (Å²) in [5.74, 6) is -0.414. The number of hydrogen-bond acceptors (Lipinski definition) is 5. The summed E-state index contributed by atoms with van der Waals surface area (Å²) >= 11 is 0. The Hall–Kier alpha value is -2.40. The summed E-state index contributed by atoms with van der Waals surface area (Å²) in [6, 6.07) is 22.1. The van der Waals surface area contributed by atoms with E-state index < -0.39 is 12.1 Å². The van der Waals surface area contributed by atoms with Crippen LogP contribution in [0.5, 0.6) is 5.75 Å². The number of fused-ring (bicyclic) bond motifs is 1. The summed E-state index contributed by atoms with van der Waals surface area (Å²) in [6.07, 6.45) is 1.27. The van der Waals surface area contributed by atoms with E-state index in [0.717, 1.165) is 12.0 Å². The fraction of sp³-hybridized carbons (Fsp3) is 0.357. The Balaban J connectivity index is 0.00000324. The number of hydrogen-bond donors (Lipinski definition) is 3. The van der Waals surface area contributed by atoms with E-state index in [1.54, 1.807) is 12.1 Å². The molecule has 7 heteroatoms. The fourth-order valence-electron chi connectivity index (χ4n) is 3.95. The summed E-state index contributed by atoms with van der Waals surface area (Å²) in [7, 11) is 0. The minimum Gasteiger partial charge on any atom is -1.00 e. The first kappa shape index (κ1) is 28.8. The molecule has 0 aromatic heterocycles. The maximum absolute atomic E-state index is 10.7. The van der Waals surface area contributed by atoms with Gasteiger partial charge in [0.25, 0.3) is 0 Å². The molecule has 35 heavy (non-hydrogen) atoms. The molecule has 0 aliphatic rings. The number of nitrogens with zero attached hydrogens (tertiary/aromatic N) is 1. The van der Waals surface area contributed by atoms with Gasteiger partial charge in [-0.2, -0.15) is 5.26 Å². The summed E-state index contributed by atoms with van der Waals surface area (Å²) in [5, 5.41) is 34.5. The average Bonchev–Trinajstić information content (AvgIpc) is 2.81. The van der Waals surface area contributed by atoms with Crippen LogP contribution in [0.3, 0.4) is 0 Å². The van der Waals surface area contributed by atoms with E-state index in [1.807, 2.05) is 18.2 Å². The SMILES string of the molecule is CC(C)(Cc1ccc2ccccc2c1)NCC(O)COc1ccc(CCCC(=O)O)cc1C#N.[H-].[Na+]. The summed E-state index contributed by atoms with van der Waals surface area (Å²) in [6.45, 7) is 4.63. The molecular formula is C28H33N2NaO4. The molecule has 3 aromatic rings. The standard InChI is InChI=1S/C28H32N2O4.Na.H/c1-28(2,16-21-10-12-22-7-3-4-8-23(22)15-21)30-18-25(31)19-34-26-13-11-20(14-24(26)17-29)6-5-9-27(32)33;;/h3-4,7-8,10-15,25,30-31H,5-6,9,16,18-19H2,1-2H3,(H,32,33);;/q;+1;-1. The second-order valence-electron chi connectivity index (χ2n) is 9.28. The Kier molecular flexibility index (Phi) is 11.2. The van der Waals surface area contributed by atoms with Crippen LogP contribution < -0.4 is 39.6 Å². The number of rotatable bonds is 12. The molecule has 1 unspecified atom stereocenters. The molecule has 0 aliphatic carbocycles. The van der Waals surface area contributed by atoms with Gasteiger partial charge < -0.3 is 21.7 Å². The second-order valence-corrected chi connectivity index (χ2v) is 9.28. The van der Waals surface area contributed by atoms with Crippen molar-refractivity contribution in [3.8, 4) is 11.8 Å². The first-order chi connectivity index (χ1) is 16.3. The molecule has 3 N–H and O–H groups in total. The minimum absolute atomic E-state index is 0. The molecule has 6 nitrogen and oxygen atoms in total. The first-order valence-corrected chi connectivity index (χ1v) is 11.5. The Morgan fingerprint density at radius 3 is 2.54 bits per heavy atom. The minimum atomic E-state index is -0.830. The van der Waals surface area contributed by atoms with Gasteiger partial charge in [0, 0.05) is 18.5 Å². The van der Waals surface area contributed by atoms with Gasteiger partial charge in [-0.1, -0.05) is 48.5 Å². The number of aliphatic hydroxyl groups excluding tert-OH is 1. The molecule has 0 aliphatic heterocycles. The predicted octanol–water partition coefficient (Wildman–Crippen LogP) is 1.59. The number of aliphatic carboxylic acids is 1. The van der Waals surface area contributed by atoms with E-state index in [2.05, 4.69) is 55.6 Å². The third kappa shape index (κ3) is 9.29. The maximum atomic E-state index is 10.7. The number of carboxylic acid groups (broad SMARTS) is 1. The third-order valence-corrected chi connectivity index (χ3v) is 5.73. The molecule has 3 rings (SSSR count). The van der Waals surface area contributed by atoms with Crippen LogP contribution >= 0.6 is 0 Å². The number of benzene rings is 3. The van der Waals surface area contributed by atoms with Crippen molar-refractivity contribution in [2.75, 3.05) is 13.2 Å². The first-order valence-electron chi connectivity index (χ1n) is 11.5. The van der Waals surface area contributed by atoms with Gasteiger partial charge >= 0.3 is 35.5 Å². The molecule has 0 amide bonds. The third-order valence-electron chi connectivity index (χ3n) is 5.73. The van der Waals surface area contributed by atoms with Gasteiger partial charge in [0.1, 0.15) is 24.5 Å². The van der Waals surface area contributed by atoms with Crippen molar-refractivity contribution < 1.29 is 50.7 Å². The van der Waals surface area contributed by atoms with Crippen LogP contribution in [0.4, 0.5) is 0 Å². The molecular weight excluding hydrogens is 451 g/mol. The quantitative estimate of drug-likeness (QED) is 0.338. The van der Waals surface area contributed by atoms with Gasteiger partial charge in [-0.3, -0.25) is 4.79 Å². The van der Waals surface area contributed by atoms with E-state index >= 15 is 0 Å². The van der Waals surface area contributed by atoms with Crippen LogP contribution in [0, 0.1) is 11.3 Å². The molecule has 0 fully saturated rings. The van der Waals surface area contributed by atoms with Crippen molar-refractivity contribution in [2.24, 2.45) is 0 Å². The Labute approximate surface area is 230 Å². The molecule has 0 saturated heterocycles. The summed E-state index contributed by atoms with van der Waals surface area (Å²) in [5.41, 5.74) is 2.27. The normalized spacial score (nSPS) is 11.9. The van der Waals surface area contributed by atoms with Crippen molar-refractivity contribution in [3.05, 3.63) is 77.4 Å². The van der Waals surface area contributed by atoms with Crippen LogP contribution in [0.2, 0.25) is 0 Å². The van der Waals surface area contributed by atoms with Crippen molar-refractivity contribution in [1.82, 2.24) is 5.32 Å². The molecule has 0 bridgehead atoms. The Bertz CT molecular complexity index is 1180.